The number of carbonyl (C=O) groups excluding carboxylic acids is 1. The molecule has 132 valence electrons. The van der Waals surface area contributed by atoms with Crippen LogP contribution in [0.4, 0.5) is 5.69 Å². The van der Waals surface area contributed by atoms with E-state index in [0.29, 0.717) is 11.1 Å². The van der Waals surface area contributed by atoms with Crippen molar-refractivity contribution in [2.75, 3.05) is 5.75 Å². The van der Waals surface area contributed by atoms with Crippen molar-refractivity contribution in [3.63, 3.8) is 0 Å². The van der Waals surface area contributed by atoms with Gasteiger partial charge in [-0.05, 0) is 36.8 Å². The average molecular weight is 428 g/mol. The molecule has 0 heterocycles. The Morgan fingerprint density at radius 1 is 1.24 bits per heavy atom. The molecule has 0 atom stereocenters. The molecule has 0 aromatic heterocycles. The number of nitrogens with zero attached hydrogens (tertiary/aromatic N) is 1. The SMILES string of the molecule is Cc1cc(OC(=O)CS(=O)(=O)Cc2cccc(Br)c2)ccc1[N+](=O)[O-]. The van der Waals surface area contributed by atoms with Gasteiger partial charge in [0.15, 0.2) is 9.84 Å². The Balaban J connectivity index is 2.04. The molecule has 0 amide bonds. The van der Waals surface area contributed by atoms with Gasteiger partial charge in [0.25, 0.3) is 5.69 Å². The molecule has 0 saturated heterocycles. The Morgan fingerprint density at radius 3 is 2.56 bits per heavy atom. The molecule has 0 radical (unpaired) electrons. The van der Waals surface area contributed by atoms with Gasteiger partial charge in [-0.1, -0.05) is 28.1 Å². The predicted octanol–water partition coefficient (Wildman–Crippen LogP) is 3.19. The second kappa shape index (κ2) is 7.75. The third-order valence-corrected chi connectivity index (χ3v) is 5.15. The Kier molecular flexibility index (Phi) is 5.91. The first-order valence-corrected chi connectivity index (χ1v) is 9.68. The highest BCUT2D eigenvalue weighted by Crippen LogP contribution is 2.23. The van der Waals surface area contributed by atoms with E-state index in [-0.39, 0.29) is 17.2 Å². The minimum atomic E-state index is -3.71. The molecule has 0 bridgehead atoms. The van der Waals surface area contributed by atoms with E-state index in [4.69, 9.17) is 4.74 Å². The van der Waals surface area contributed by atoms with Crippen LogP contribution >= 0.6 is 15.9 Å². The summed E-state index contributed by atoms with van der Waals surface area (Å²) >= 11 is 3.25. The van der Waals surface area contributed by atoms with Crippen LogP contribution in [-0.2, 0) is 20.4 Å². The fraction of sp³-hybridized carbons (Fsp3) is 0.188. The third-order valence-electron chi connectivity index (χ3n) is 3.21. The van der Waals surface area contributed by atoms with Gasteiger partial charge in [0.05, 0.1) is 10.7 Å². The van der Waals surface area contributed by atoms with Crippen LogP contribution in [0.25, 0.3) is 0 Å². The van der Waals surface area contributed by atoms with Crippen molar-refractivity contribution < 1.29 is 22.9 Å². The minimum absolute atomic E-state index is 0.0609. The zero-order valence-electron chi connectivity index (χ0n) is 13.1. The summed E-state index contributed by atoms with van der Waals surface area (Å²) in [5.74, 6) is -1.95. The van der Waals surface area contributed by atoms with Crippen molar-refractivity contribution >= 4 is 37.4 Å². The van der Waals surface area contributed by atoms with Crippen LogP contribution in [-0.4, -0.2) is 25.1 Å². The van der Waals surface area contributed by atoms with Gasteiger partial charge in [0, 0.05) is 16.1 Å². The summed E-state index contributed by atoms with van der Waals surface area (Å²) in [6.07, 6.45) is 0. The van der Waals surface area contributed by atoms with Crippen LogP contribution in [0.3, 0.4) is 0 Å². The molecule has 0 aliphatic heterocycles. The number of nitro benzene ring substituents is 1. The first-order chi connectivity index (χ1) is 11.7. The number of halogens is 1. The Bertz CT molecular complexity index is 926. The zero-order valence-corrected chi connectivity index (χ0v) is 15.5. The number of nitro groups is 1. The highest BCUT2D eigenvalue weighted by atomic mass is 79.9. The molecular formula is C16H14BrNO6S. The summed E-state index contributed by atoms with van der Waals surface area (Å²) in [4.78, 5) is 22.1. The summed E-state index contributed by atoms with van der Waals surface area (Å²) < 4.78 is 30.0. The second-order valence-electron chi connectivity index (χ2n) is 5.34. The molecule has 2 aromatic rings. The number of aryl methyl sites for hydroxylation is 1. The number of carbonyl (C=O) groups is 1. The van der Waals surface area contributed by atoms with E-state index >= 15 is 0 Å². The van der Waals surface area contributed by atoms with Gasteiger partial charge in [0.2, 0.25) is 0 Å². The lowest BCUT2D eigenvalue weighted by Gasteiger charge is -2.07. The van der Waals surface area contributed by atoms with Crippen molar-refractivity contribution in [3.8, 4) is 5.75 Å². The van der Waals surface area contributed by atoms with E-state index < -0.39 is 26.5 Å². The lowest BCUT2D eigenvalue weighted by atomic mass is 10.2. The number of esters is 1. The van der Waals surface area contributed by atoms with Crippen molar-refractivity contribution in [2.45, 2.75) is 12.7 Å². The first kappa shape index (κ1) is 19.1. The maximum atomic E-state index is 12.1. The summed E-state index contributed by atoms with van der Waals surface area (Å²) in [7, 11) is -3.71. The summed E-state index contributed by atoms with van der Waals surface area (Å²) in [5.41, 5.74) is 0.753. The first-order valence-electron chi connectivity index (χ1n) is 7.07. The third kappa shape index (κ3) is 5.64. The monoisotopic (exact) mass is 427 g/mol. The molecule has 0 fully saturated rings. The second-order valence-corrected chi connectivity index (χ2v) is 8.32. The normalized spacial score (nSPS) is 11.1. The van der Waals surface area contributed by atoms with E-state index in [1.54, 1.807) is 24.3 Å². The van der Waals surface area contributed by atoms with Gasteiger partial charge in [-0.2, -0.15) is 0 Å². The van der Waals surface area contributed by atoms with E-state index in [1.165, 1.54) is 25.1 Å². The highest BCUT2D eigenvalue weighted by molar-refractivity contribution is 9.10. The molecule has 2 aromatic carbocycles. The van der Waals surface area contributed by atoms with Crippen LogP contribution in [0, 0.1) is 17.0 Å². The number of benzene rings is 2. The lowest BCUT2D eigenvalue weighted by Crippen LogP contribution is -2.22. The summed E-state index contributed by atoms with van der Waals surface area (Å²) in [5, 5.41) is 10.8. The van der Waals surface area contributed by atoms with Crippen LogP contribution in [0.1, 0.15) is 11.1 Å². The van der Waals surface area contributed by atoms with Gasteiger partial charge in [-0.15, -0.1) is 0 Å². The molecule has 0 spiro atoms. The molecule has 0 unspecified atom stereocenters. The maximum Gasteiger partial charge on any atom is 0.326 e. The average Bonchev–Trinajstić information content (AvgIpc) is 2.45. The van der Waals surface area contributed by atoms with Crippen molar-refractivity contribution in [1.82, 2.24) is 0 Å². The molecule has 25 heavy (non-hydrogen) atoms. The fourth-order valence-electron chi connectivity index (χ4n) is 2.17. The molecular weight excluding hydrogens is 414 g/mol. The van der Waals surface area contributed by atoms with E-state index in [0.717, 1.165) is 4.47 Å². The maximum absolute atomic E-state index is 12.1. The number of hydrogen-bond acceptors (Lipinski definition) is 6. The van der Waals surface area contributed by atoms with E-state index in [9.17, 15) is 23.3 Å². The molecule has 0 N–H and O–H groups in total. The summed E-state index contributed by atoms with van der Waals surface area (Å²) in [6.45, 7) is 1.50. The number of hydrogen-bond donors (Lipinski definition) is 0. The number of sulfone groups is 1. The van der Waals surface area contributed by atoms with Crippen LogP contribution in [0.5, 0.6) is 5.75 Å². The topological polar surface area (TPSA) is 104 Å². The van der Waals surface area contributed by atoms with Gasteiger partial charge in [0.1, 0.15) is 11.5 Å². The fourth-order valence-corrected chi connectivity index (χ4v) is 3.82. The Hall–Kier alpha value is -2.26. The standard InChI is InChI=1S/C16H14BrNO6S/c1-11-7-14(5-6-15(11)18(20)21)24-16(19)10-25(22,23)9-12-3-2-4-13(17)8-12/h2-8H,9-10H2,1H3. The molecule has 2 rings (SSSR count). The quantitative estimate of drug-likeness (QED) is 0.303. The van der Waals surface area contributed by atoms with Crippen molar-refractivity contribution in [1.29, 1.82) is 0 Å². The van der Waals surface area contributed by atoms with Gasteiger partial charge >= 0.3 is 5.97 Å². The van der Waals surface area contributed by atoms with Gasteiger partial charge < -0.3 is 4.74 Å². The van der Waals surface area contributed by atoms with E-state index in [2.05, 4.69) is 15.9 Å². The smallest absolute Gasteiger partial charge is 0.326 e. The molecule has 0 saturated carbocycles. The number of rotatable bonds is 6. The molecule has 0 aliphatic rings. The van der Waals surface area contributed by atoms with Crippen molar-refractivity contribution in [3.05, 3.63) is 68.2 Å². The molecule has 7 nitrogen and oxygen atoms in total. The molecule has 9 heteroatoms. The van der Waals surface area contributed by atoms with E-state index in [1.807, 2.05) is 0 Å². The van der Waals surface area contributed by atoms with Crippen LogP contribution in [0.2, 0.25) is 0 Å². The largest absolute Gasteiger partial charge is 0.426 e. The van der Waals surface area contributed by atoms with Gasteiger partial charge in [-0.3, -0.25) is 14.9 Å². The lowest BCUT2D eigenvalue weighted by molar-refractivity contribution is -0.385. The highest BCUT2D eigenvalue weighted by Gasteiger charge is 2.20. The Labute approximate surface area is 152 Å². The Morgan fingerprint density at radius 2 is 1.96 bits per heavy atom. The summed E-state index contributed by atoms with van der Waals surface area (Å²) in [6, 6.07) is 10.5. The van der Waals surface area contributed by atoms with Crippen LogP contribution < -0.4 is 4.74 Å². The van der Waals surface area contributed by atoms with Crippen molar-refractivity contribution in [2.24, 2.45) is 0 Å². The predicted molar refractivity (Wildman–Crippen MR) is 95.1 cm³/mol. The number of ether oxygens (including phenoxy) is 1. The zero-order chi connectivity index (χ0) is 18.6. The minimum Gasteiger partial charge on any atom is -0.426 e. The molecule has 0 aliphatic carbocycles. The van der Waals surface area contributed by atoms with Gasteiger partial charge in [-0.25, -0.2) is 8.42 Å². The van der Waals surface area contributed by atoms with Crippen LogP contribution in [0.15, 0.2) is 46.9 Å².